The quantitative estimate of drug-likeness (QED) is 0.861. The summed E-state index contributed by atoms with van der Waals surface area (Å²) in [5.41, 5.74) is 1.18. The number of aliphatic carboxylic acids is 1. The summed E-state index contributed by atoms with van der Waals surface area (Å²) < 4.78 is 0. The standard InChI is InChI=1S/C19H22N2O3/c22-18(16-13-6-7-14(12-13)17(16)19(23)24)21-10-8-20(9-11-21)15-4-2-1-3-5-15/h1-7,13-14,16-17H,8-12H2,(H,23,24)/t13-,14+,16-,17+/m0/s1. The van der Waals surface area contributed by atoms with Crippen molar-refractivity contribution in [1.29, 1.82) is 0 Å². The Kier molecular flexibility index (Phi) is 3.79. The highest BCUT2D eigenvalue weighted by atomic mass is 16.4. The Balaban J connectivity index is 1.43. The lowest BCUT2D eigenvalue weighted by atomic mass is 9.82. The third kappa shape index (κ3) is 2.48. The number of piperazine rings is 1. The van der Waals surface area contributed by atoms with E-state index < -0.39 is 11.9 Å². The van der Waals surface area contributed by atoms with Gasteiger partial charge in [0.15, 0.2) is 0 Å². The van der Waals surface area contributed by atoms with Gasteiger partial charge in [-0.2, -0.15) is 0 Å². The molecule has 126 valence electrons. The van der Waals surface area contributed by atoms with Crippen LogP contribution in [0.2, 0.25) is 0 Å². The van der Waals surface area contributed by atoms with Crippen molar-refractivity contribution in [2.45, 2.75) is 6.42 Å². The Bertz CT molecular complexity index is 664. The number of nitrogens with zero attached hydrogens (tertiary/aromatic N) is 2. The second kappa shape index (κ2) is 5.96. The Morgan fingerprint density at radius 1 is 0.917 bits per heavy atom. The lowest BCUT2D eigenvalue weighted by Gasteiger charge is -2.38. The lowest BCUT2D eigenvalue weighted by Crippen LogP contribution is -2.52. The van der Waals surface area contributed by atoms with Gasteiger partial charge in [0, 0.05) is 31.9 Å². The average molecular weight is 326 g/mol. The number of carboxylic acid groups (broad SMARTS) is 1. The number of fused-ring (bicyclic) bond motifs is 2. The van der Waals surface area contributed by atoms with Crippen molar-refractivity contribution in [3.05, 3.63) is 42.5 Å². The molecule has 4 atom stereocenters. The lowest BCUT2D eigenvalue weighted by molar-refractivity contribution is -0.151. The fraction of sp³-hybridized carbons (Fsp3) is 0.474. The van der Waals surface area contributed by atoms with E-state index in [1.54, 1.807) is 0 Å². The molecule has 2 fully saturated rings. The first-order valence-corrected chi connectivity index (χ1v) is 8.65. The smallest absolute Gasteiger partial charge is 0.307 e. The van der Waals surface area contributed by atoms with Gasteiger partial charge in [0.25, 0.3) is 0 Å². The molecule has 5 heteroatoms. The van der Waals surface area contributed by atoms with Gasteiger partial charge in [0.2, 0.25) is 5.91 Å². The molecule has 1 saturated carbocycles. The highest BCUT2D eigenvalue weighted by Gasteiger charge is 2.52. The van der Waals surface area contributed by atoms with Gasteiger partial charge in [-0.3, -0.25) is 9.59 Å². The van der Waals surface area contributed by atoms with E-state index in [0.717, 1.165) is 19.5 Å². The summed E-state index contributed by atoms with van der Waals surface area (Å²) in [5, 5.41) is 9.53. The molecule has 24 heavy (non-hydrogen) atoms. The first-order valence-electron chi connectivity index (χ1n) is 8.65. The van der Waals surface area contributed by atoms with Gasteiger partial charge in [-0.25, -0.2) is 0 Å². The van der Waals surface area contributed by atoms with Crippen molar-refractivity contribution >= 4 is 17.6 Å². The normalized spacial score (nSPS) is 31.5. The van der Waals surface area contributed by atoms with Crippen molar-refractivity contribution in [3.8, 4) is 0 Å². The molecule has 2 bridgehead atoms. The van der Waals surface area contributed by atoms with E-state index in [2.05, 4.69) is 17.0 Å². The molecule has 0 aromatic heterocycles. The first-order chi connectivity index (χ1) is 11.6. The molecular weight excluding hydrogens is 304 g/mol. The number of hydrogen-bond donors (Lipinski definition) is 1. The van der Waals surface area contributed by atoms with Gasteiger partial charge in [0.05, 0.1) is 11.8 Å². The SMILES string of the molecule is O=C(O)[C@H]1[C@@H](C(=O)N2CCN(c3ccccc3)CC2)[C@H]2C=C[C@@H]1C2. The third-order valence-electron chi connectivity index (χ3n) is 5.74. The highest BCUT2D eigenvalue weighted by molar-refractivity contribution is 5.87. The van der Waals surface area contributed by atoms with Gasteiger partial charge >= 0.3 is 5.97 Å². The summed E-state index contributed by atoms with van der Waals surface area (Å²) in [6.07, 6.45) is 4.85. The van der Waals surface area contributed by atoms with E-state index in [4.69, 9.17) is 0 Å². The van der Waals surface area contributed by atoms with E-state index in [1.807, 2.05) is 35.3 Å². The molecule has 1 aromatic carbocycles. The van der Waals surface area contributed by atoms with Gasteiger partial charge in [-0.1, -0.05) is 30.4 Å². The van der Waals surface area contributed by atoms with E-state index in [1.165, 1.54) is 5.69 Å². The molecule has 2 aliphatic carbocycles. The van der Waals surface area contributed by atoms with Crippen LogP contribution in [0.1, 0.15) is 6.42 Å². The predicted octanol–water partition coefficient (Wildman–Crippen LogP) is 1.86. The summed E-state index contributed by atoms with van der Waals surface area (Å²) in [5.74, 6) is -1.57. The van der Waals surface area contributed by atoms with Crippen LogP contribution in [0.15, 0.2) is 42.5 Å². The molecular formula is C19H22N2O3. The summed E-state index contributed by atoms with van der Waals surface area (Å²) >= 11 is 0. The molecule has 1 heterocycles. The predicted molar refractivity (Wildman–Crippen MR) is 90.6 cm³/mol. The maximum Gasteiger partial charge on any atom is 0.307 e. The van der Waals surface area contributed by atoms with Crippen LogP contribution in [0, 0.1) is 23.7 Å². The monoisotopic (exact) mass is 326 g/mol. The summed E-state index contributed by atoms with van der Waals surface area (Å²) in [4.78, 5) is 28.7. The van der Waals surface area contributed by atoms with Crippen LogP contribution < -0.4 is 4.90 Å². The molecule has 4 rings (SSSR count). The van der Waals surface area contributed by atoms with Crippen LogP contribution >= 0.6 is 0 Å². The Morgan fingerprint density at radius 3 is 2.17 bits per heavy atom. The Morgan fingerprint density at radius 2 is 1.54 bits per heavy atom. The zero-order valence-electron chi connectivity index (χ0n) is 13.5. The van der Waals surface area contributed by atoms with Gasteiger partial charge < -0.3 is 14.9 Å². The fourth-order valence-corrected chi connectivity index (χ4v) is 4.53. The first kappa shape index (κ1) is 15.2. The number of allylic oxidation sites excluding steroid dienone is 2. The number of amides is 1. The number of carbonyl (C=O) groups is 2. The second-order valence-corrected chi connectivity index (χ2v) is 6.99. The minimum atomic E-state index is -0.826. The van der Waals surface area contributed by atoms with E-state index in [0.29, 0.717) is 13.1 Å². The van der Waals surface area contributed by atoms with Crippen molar-refractivity contribution < 1.29 is 14.7 Å². The maximum absolute atomic E-state index is 13.0. The van der Waals surface area contributed by atoms with Crippen molar-refractivity contribution in [2.75, 3.05) is 31.1 Å². The Hall–Kier alpha value is -2.30. The summed E-state index contributed by atoms with van der Waals surface area (Å²) in [6, 6.07) is 10.2. The molecule has 3 aliphatic rings. The molecule has 5 nitrogen and oxygen atoms in total. The third-order valence-corrected chi connectivity index (χ3v) is 5.74. The fourth-order valence-electron chi connectivity index (χ4n) is 4.53. The minimum Gasteiger partial charge on any atom is -0.481 e. The van der Waals surface area contributed by atoms with Crippen LogP contribution in [-0.4, -0.2) is 48.1 Å². The minimum absolute atomic E-state index is 0.0342. The molecule has 1 aromatic rings. The summed E-state index contributed by atoms with van der Waals surface area (Å²) in [6.45, 7) is 2.92. The second-order valence-electron chi connectivity index (χ2n) is 6.99. The van der Waals surface area contributed by atoms with Crippen LogP contribution in [0.3, 0.4) is 0 Å². The number of hydrogen-bond acceptors (Lipinski definition) is 3. The average Bonchev–Trinajstić information content (AvgIpc) is 3.23. The molecule has 0 unspecified atom stereocenters. The van der Waals surface area contributed by atoms with Gasteiger partial charge in [0.1, 0.15) is 0 Å². The van der Waals surface area contributed by atoms with Gasteiger partial charge in [-0.15, -0.1) is 0 Å². The topological polar surface area (TPSA) is 60.9 Å². The zero-order chi connectivity index (χ0) is 16.7. The highest BCUT2D eigenvalue weighted by Crippen LogP contribution is 2.48. The van der Waals surface area contributed by atoms with Crippen molar-refractivity contribution in [1.82, 2.24) is 4.90 Å². The van der Waals surface area contributed by atoms with Crippen LogP contribution in [0.4, 0.5) is 5.69 Å². The zero-order valence-corrected chi connectivity index (χ0v) is 13.5. The number of rotatable bonds is 3. The number of anilines is 1. The van der Waals surface area contributed by atoms with Gasteiger partial charge in [-0.05, 0) is 30.4 Å². The molecule has 1 saturated heterocycles. The number of carboxylic acids is 1. The largest absolute Gasteiger partial charge is 0.481 e. The number of carbonyl (C=O) groups excluding carboxylic acids is 1. The molecule has 1 N–H and O–H groups in total. The van der Waals surface area contributed by atoms with Crippen molar-refractivity contribution in [3.63, 3.8) is 0 Å². The number of para-hydroxylation sites is 1. The molecule has 0 spiro atoms. The Labute approximate surface area is 141 Å². The van der Waals surface area contributed by atoms with E-state index >= 15 is 0 Å². The molecule has 1 amide bonds. The molecule has 0 radical (unpaired) electrons. The summed E-state index contributed by atoms with van der Waals surface area (Å²) in [7, 11) is 0. The number of benzene rings is 1. The maximum atomic E-state index is 13.0. The van der Waals surface area contributed by atoms with E-state index in [-0.39, 0.29) is 23.7 Å². The van der Waals surface area contributed by atoms with Crippen LogP contribution in [0.5, 0.6) is 0 Å². The van der Waals surface area contributed by atoms with E-state index in [9.17, 15) is 14.7 Å². The van der Waals surface area contributed by atoms with Crippen molar-refractivity contribution in [2.24, 2.45) is 23.7 Å². The van der Waals surface area contributed by atoms with Crippen LogP contribution in [0.25, 0.3) is 0 Å². The molecule has 1 aliphatic heterocycles. The van der Waals surface area contributed by atoms with Crippen LogP contribution in [-0.2, 0) is 9.59 Å².